The number of halogens is 3. The van der Waals surface area contributed by atoms with Crippen LogP contribution in [-0.2, 0) is 11.8 Å². The molecule has 0 spiro atoms. The minimum absolute atomic E-state index is 0.00743. The van der Waals surface area contributed by atoms with Crippen molar-refractivity contribution < 1.29 is 22.7 Å². The van der Waals surface area contributed by atoms with E-state index in [0.717, 1.165) is 0 Å². The molecule has 2 aromatic heterocycles. The number of hydrogen-bond acceptors (Lipinski definition) is 5. The monoisotopic (exact) mass is 441 g/mol. The van der Waals surface area contributed by atoms with Crippen LogP contribution in [0.5, 0.6) is 5.88 Å². The quantitative estimate of drug-likeness (QED) is 0.529. The van der Waals surface area contributed by atoms with Gasteiger partial charge in [-0.25, -0.2) is 4.98 Å². The summed E-state index contributed by atoms with van der Waals surface area (Å²) in [5, 5.41) is 7.90. The lowest BCUT2D eigenvalue weighted by Gasteiger charge is -2.19. The Hall–Kier alpha value is -2.48. The maximum atomic E-state index is 12.3. The number of aryl methyl sites for hydroxylation is 1. The third-order valence-electron chi connectivity index (χ3n) is 4.78. The van der Waals surface area contributed by atoms with Crippen molar-refractivity contribution in [1.82, 2.24) is 20.1 Å². The Balaban J connectivity index is 1.86. The molecule has 0 aliphatic carbocycles. The van der Waals surface area contributed by atoms with E-state index in [9.17, 15) is 18.0 Å². The summed E-state index contributed by atoms with van der Waals surface area (Å²) in [6.07, 6.45) is -1.96. The standard InChI is InChI=1S/C19H23F3N5O2P/c1-11(12-5-17(28)24-8-12)29-18-14-9-27(2)26-16(14)6-15(25-18)13(10-30)7-23-4-3-19(20,21)22/h6-7,9-12H,3-5,8,30H2,1-2H3,(H,24,28). The van der Waals surface area contributed by atoms with Crippen molar-refractivity contribution in [3.8, 4) is 5.88 Å². The molecule has 1 saturated heterocycles. The normalized spacial score (nSPS) is 18.9. The van der Waals surface area contributed by atoms with Gasteiger partial charge in [0.05, 0.1) is 23.0 Å². The Bertz CT molecular complexity index is 986. The lowest BCUT2D eigenvalue weighted by molar-refractivity contribution is -0.132. The van der Waals surface area contributed by atoms with E-state index in [4.69, 9.17) is 4.74 Å². The van der Waals surface area contributed by atoms with Gasteiger partial charge in [-0.3, -0.25) is 14.5 Å². The largest absolute Gasteiger partial charge is 0.474 e. The zero-order chi connectivity index (χ0) is 21.9. The van der Waals surface area contributed by atoms with Crippen molar-refractivity contribution in [3.05, 3.63) is 23.8 Å². The lowest BCUT2D eigenvalue weighted by Crippen LogP contribution is -2.26. The highest BCUT2D eigenvalue weighted by Crippen LogP contribution is 2.29. The molecular weight excluding hydrogens is 418 g/mol. The van der Waals surface area contributed by atoms with E-state index in [2.05, 4.69) is 29.6 Å². The van der Waals surface area contributed by atoms with Crippen molar-refractivity contribution >= 4 is 37.8 Å². The average molecular weight is 441 g/mol. The van der Waals surface area contributed by atoms with Crippen LogP contribution < -0.4 is 10.1 Å². The second-order valence-electron chi connectivity index (χ2n) is 7.16. The Labute approximate surface area is 174 Å². The molecule has 30 heavy (non-hydrogen) atoms. The highest BCUT2D eigenvalue weighted by Gasteiger charge is 2.29. The van der Waals surface area contributed by atoms with Gasteiger partial charge < -0.3 is 10.1 Å². The number of hydrogen-bond donors (Lipinski definition) is 1. The van der Waals surface area contributed by atoms with E-state index in [0.29, 0.717) is 41.0 Å². The van der Waals surface area contributed by atoms with E-state index in [1.165, 1.54) is 6.21 Å². The van der Waals surface area contributed by atoms with Crippen molar-refractivity contribution in [2.75, 3.05) is 13.1 Å². The third-order valence-corrected chi connectivity index (χ3v) is 5.14. The van der Waals surface area contributed by atoms with Gasteiger partial charge >= 0.3 is 6.18 Å². The molecule has 0 bridgehead atoms. The van der Waals surface area contributed by atoms with Crippen LogP contribution in [0.3, 0.4) is 0 Å². The fourth-order valence-electron chi connectivity index (χ4n) is 3.13. The first-order valence-corrected chi connectivity index (χ1v) is 10.1. The Morgan fingerprint density at radius 3 is 2.93 bits per heavy atom. The molecule has 0 saturated carbocycles. The van der Waals surface area contributed by atoms with Crippen molar-refractivity contribution in [3.63, 3.8) is 0 Å². The van der Waals surface area contributed by atoms with Gasteiger partial charge in [-0.2, -0.15) is 18.3 Å². The van der Waals surface area contributed by atoms with Crippen LogP contribution >= 0.6 is 9.24 Å². The number of allylic oxidation sites excluding steroid dienone is 1. The van der Waals surface area contributed by atoms with E-state index < -0.39 is 12.6 Å². The second-order valence-corrected chi connectivity index (χ2v) is 7.50. The molecule has 0 aromatic carbocycles. The first-order chi connectivity index (χ1) is 14.2. The van der Waals surface area contributed by atoms with Crippen molar-refractivity contribution in [1.29, 1.82) is 0 Å². The number of pyridine rings is 1. The Kier molecular flexibility index (Phi) is 6.75. The van der Waals surface area contributed by atoms with Gasteiger partial charge in [0.25, 0.3) is 0 Å². The molecule has 1 amide bonds. The van der Waals surface area contributed by atoms with E-state index in [1.54, 1.807) is 29.8 Å². The number of nitrogens with one attached hydrogen (secondary N) is 1. The van der Waals surface area contributed by atoms with Gasteiger partial charge in [0, 0.05) is 50.5 Å². The van der Waals surface area contributed by atoms with Crippen LogP contribution in [0.2, 0.25) is 0 Å². The fourth-order valence-corrected chi connectivity index (χ4v) is 3.38. The Morgan fingerprint density at radius 2 is 2.30 bits per heavy atom. The zero-order valence-electron chi connectivity index (χ0n) is 16.6. The van der Waals surface area contributed by atoms with Crippen LogP contribution in [0.15, 0.2) is 23.1 Å². The zero-order valence-corrected chi connectivity index (χ0v) is 17.8. The van der Waals surface area contributed by atoms with Crippen LogP contribution in [-0.4, -0.2) is 52.3 Å². The summed E-state index contributed by atoms with van der Waals surface area (Å²) in [7, 11) is 4.18. The Morgan fingerprint density at radius 1 is 1.53 bits per heavy atom. The average Bonchev–Trinajstić information content (AvgIpc) is 3.26. The van der Waals surface area contributed by atoms with Crippen LogP contribution in [0, 0.1) is 5.92 Å². The van der Waals surface area contributed by atoms with Gasteiger partial charge in [0.1, 0.15) is 6.10 Å². The number of carbonyl (C=O) groups is 1. The highest BCUT2D eigenvalue weighted by atomic mass is 31.0. The molecule has 162 valence electrons. The molecule has 1 fully saturated rings. The fraction of sp³-hybridized carbons (Fsp3) is 0.474. The van der Waals surface area contributed by atoms with Crippen LogP contribution in [0.4, 0.5) is 13.2 Å². The molecule has 1 aliphatic rings. The smallest absolute Gasteiger partial charge is 0.390 e. The van der Waals surface area contributed by atoms with E-state index in [-0.39, 0.29) is 24.5 Å². The molecule has 3 unspecified atom stereocenters. The topological polar surface area (TPSA) is 81.4 Å². The van der Waals surface area contributed by atoms with Gasteiger partial charge in [-0.05, 0) is 13.0 Å². The van der Waals surface area contributed by atoms with E-state index >= 15 is 0 Å². The summed E-state index contributed by atoms with van der Waals surface area (Å²) in [6, 6.07) is 1.74. The number of aliphatic imine (C=N–C) groups is 1. The highest BCUT2D eigenvalue weighted by molar-refractivity contribution is 7.21. The summed E-state index contributed by atoms with van der Waals surface area (Å²) in [6.45, 7) is 2.06. The molecule has 7 nitrogen and oxygen atoms in total. The van der Waals surface area contributed by atoms with Gasteiger partial charge in [0.2, 0.25) is 11.8 Å². The lowest BCUT2D eigenvalue weighted by atomic mass is 10.0. The van der Waals surface area contributed by atoms with Crippen LogP contribution in [0.1, 0.15) is 25.5 Å². The summed E-state index contributed by atoms with van der Waals surface area (Å²) in [4.78, 5) is 19.9. The minimum atomic E-state index is -4.25. The number of alkyl halides is 3. The maximum absolute atomic E-state index is 12.3. The maximum Gasteiger partial charge on any atom is 0.390 e. The van der Waals surface area contributed by atoms with Gasteiger partial charge in [0.15, 0.2) is 0 Å². The summed E-state index contributed by atoms with van der Waals surface area (Å²) in [5.74, 6) is 2.01. The molecule has 0 radical (unpaired) electrons. The number of fused-ring (bicyclic) bond motifs is 1. The van der Waals surface area contributed by atoms with Gasteiger partial charge in [-0.1, -0.05) is 5.82 Å². The summed E-state index contributed by atoms with van der Waals surface area (Å²) >= 11 is 0. The number of ether oxygens (including phenoxy) is 1. The number of carbonyl (C=O) groups excluding carboxylic acids is 1. The SMILES string of the molecule is CC(Oc1nc(C(C=NCCC(F)(F)F)=CP)cc2nn(C)cc12)C1CNC(=O)C1. The number of rotatable bonds is 7. The number of nitrogens with zero attached hydrogens (tertiary/aromatic N) is 4. The predicted octanol–water partition coefficient (Wildman–Crippen LogP) is 3.11. The number of aromatic nitrogens is 3. The summed E-state index contributed by atoms with van der Waals surface area (Å²) in [5.41, 5.74) is 1.65. The van der Waals surface area contributed by atoms with Crippen molar-refractivity contribution in [2.24, 2.45) is 18.0 Å². The molecule has 11 heteroatoms. The molecule has 3 atom stereocenters. The summed E-state index contributed by atoms with van der Waals surface area (Å²) < 4.78 is 44.7. The molecule has 3 rings (SSSR count). The molecule has 1 N–H and O–H groups in total. The molecule has 1 aliphatic heterocycles. The minimum Gasteiger partial charge on any atom is -0.474 e. The van der Waals surface area contributed by atoms with E-state index in [1.807, 2.05) is 6.92 Å². The second kappa shape index (κ2) is 9.12. The first-order valence-electron chi connectivity index (χ1n) is 9.43. The molecule has 2 aromatic rings. The molecular formula is C19H23F3N5O2P. The van der Waals surface area contributed by atoms with Gasteiger partial charge in [-0.15, -0.1) is 9.24 Å². The first kappa shape index (κ1) is 22.2. The predicted molar refractivity (Wildman–Crippen MR) is 111 cm³/mol. The number of amides is 1. The van der Waals surface area contributed by atoms with Crippen LogP contribution in [0.25, 0.3) is 16.5 Å². The third kappa shape index (κ3) is 5.56. The van der Waals surface area contributed by atoms with Crippen molar-refractivity contribution in [2.45, 2.75) is 32.0 Å². The molecule has 3 heterocycles.